The Labute approximate surface area is 189 Å². The number of benzene rings is 2. The summed E-state index contributed by atoms with van der Waals surface area (Å²) in [4.78, 5) is 27.3. The van der Waals surface area contributed by atoms with Gasteiger partial charge in [-0.05, 0) is 36.2 Å². The fourth-order valence-electron chi connectivity index (χ4n) is 3.56. The van der Waals surface area contributed by atoms with Crippen LogP contribution in [-0.2, 0) is 16.6 Å². The lowest BCUT2D eigenvalue weighted by atomic mass is 10.1. The van der Waals surface area contributed by atoms with Crippen LogP contribution in [0.15, 0.2) is 48.5 Å². The van der Waals surface area contributed by atoms with Gasteiger partial charge < -0.3 is 10.6 Å². The molecule has 172 valence electrons. The first-order chi connectivity index (χ1) is 15.3. The lowest BCUT2D eigenvalue weighted by molar-refractivity contribution is 0.0954. The number of sulfonamides is 1. The molecule has 2 N–H and O–H groups in total. The van der Waals surface area contributed by atoms with Crippen LogP contribution in [-0.4, -0.2) is 68.4 Å². The van der Waals surface area contributed by atoms with Gasteiger partial charge in [0.1, 0.15) is 0 Å². The fourth-order valence-corrected chi connectivity index (χ4v) is 4.38. The predicted octanol–water partition coefficient (Wildman–Crippen LogP) is 2.16. The lowest BCUT2D eigenvalue weighted by Crippen LogP contribution is -2.47. The summed E-state index contributed by atoms with van der Waals surface area (Å²) in [5, 5.41) is 5.66. The van der Waals surface area contributed by atoms with Gasteiger partial charge in [0.2, 0.25) is 10.0 Å². The number of piperazine rings is 1. The normalized spacial score (nSPS) is 15.3. The second kappa shape index (κ2) is 10.7. The highest BCUT2D eigenvalue weighted by Crippen LogP contribution is 2.17. The van der Waals surface area contributed by atoms with Crippen molar-refractivity contribution in [3.63, 3.8) is 0 Å². The Morgan fingerprint density at radius 3 is 2.22 bits per heavy atom. The second-order valence-electron chi connectivity index (χ2n) is 7.89. The van der Waals surface area contributed by atoms with Crippen LogP contribution in [0.3, 0.4) is 0 Å². The molecule has 9 heteroatoms. The molecule has 0 spiro atoms. The quantitative estimate of drug-likeness (QED) is 0.632. The van der Waals surface area contributed by atoms with E-state index in [4.69, 9.17) is 0 Å². The minimum absolute atomic E-state index is 0.214. The molecule has 0 bridgehead atoms. The summed E-state index contributed by atoms with van der Waals surface area (Å²) in [5.41, 5.74) is 2.45. The SMILES string of the molecule is CCCNC(=O)c1ccccc1NC(=O)c1ccc(CN2CCN(S(C)(=O)=O)CC2)cc1. The van der Waals surface area contributed by atoms with Crippen molar-refractivity contribution in [2.45, 2.75) is 19.9 Å². The first-order valence-electron chi connectivity index (χ1n) is 10.7. The van der Waals surface area contributed by atoms with Crippen LogP contribution >= 0.6 is 0 Å². The van der Waals surface area contributed by atoms with Crippen molar-refractivity contribution < 1.29 is 18.0 Å². The molecule has 3 rings (SSSR count). The first-order valence-corrected chi connectivity index (χ1v) is 12.6. The van der Waals surface area contributed by atoms with E-state index in [0.29, 0.717) is 56.1 Å². The number of nitrogens with zero attached hydrogens (tertiary/aromatic N) is 2. The zero-order chi connectivity index (χ0) is 23.1. The Bertz CT molecular complexity index is 1050. The molecule has 2 aromatic carbocycles. The molecule has 0 atom stereocenters. The summed E-state index contributed by atoms with van der Waals surface area (Å²) in [6.45, 7) is 5.58. The van der Waals surface area contributed by atoms with Crippen molar-refractivity contribution >= 4 is 27.5 Å². The molecule has 8 nitrogen and oxygen atoms in total. The topological polar surface area (TPSA) is 98.8 Å². The third-order valence-electron chi connectivity index (χ3n) is 5.38. The Morgan fingerprint density at radius 2 is 1.59 bits per heavy atom. The number of rotatable bonds is 8. The maximum Gasteiger partial charge on any atom is 0.255 e. The van der Waals surface area contributed by atoms with Gasteiger partial charge in [-0.1, -0.05) is 31.2 Å². The van der Waals surface area contributed by atoms with E-state index in [2.05, 4.69) is 15.5 Å². The third kappa shape index (κ3) is 6.38. The van der Waals surface area contributed by atoms with Crippen LogP contribution in [0.1, 0.15) is 39.6 Å². The molecule has 1 aliphatic rings. The number of hydrogen-bond acceptors (Lipinski definition) is 5. The van der Waals surface area contributed by atoms with Crippen molar-refractivity contribution in [2.75, 3.05) is 44.3 Å². The van der Waals surface area contributed by atoms with Crippen molar-refractivity contribution in [3.8, 4) is 0 Å². The first kappa shape index (κ1) is 23.9. The zero-order valence-corrected chi connectivity index (χ0v) is 19.3. The van der Waals surface area contributed by atoms with Crippen LogP contribution in [0.4, 0.5) is 5.69 Å². The van der Waals surface area contributed by atoms with Crippen LogP contribution in [0.5, 0.6) is 0 Å². The average Bonchev–Trinajstić information content (AvgIpc) is 2.78. The number of carbonyl (C=O) groups is 2. The molecular formula is C23H30N4O4S. The summed E-state index contributed by atoms with van der Waals surface area (Å²) in [5.74, 6) is -0.497. The second-order valence-corrected chi connectivity index (χ2v) is 9.87. The minimum atomic E-state index is -3.14. The number of carbonyl (C=O) groups excluding carboxylic acids is 2. The fraction of sp³-hybridized carbons (Fsp3) is 0.391. The van der Waals surface area contributed by atoms with Crippen LogP contribution in [0, 0.1) is 0 Å². The molecule has 0 aliphatic carbocycles. The van der Waals surface area contributed by atoms with E-state index >= 15 is 0 Å². The Kier molecular flexibility index (Phi) is 8.00. The van der Waals surface area contributed by atoms with Gasteiger partial charge in [-0.2, -0.15) is 4.31 Å². The van der Waals surface area contributed by atoms with Gasteiger partial charge >= 0.3 is 0 Å². The van der Waals surface area contributed by atoms with Gasteiger partial charge in [0.25, 0.3) is 11.8 Å². The molecule has 32 heavy (non-hydrogen) atoms. The highest BCUT2D eigenvalue weighted by atomic mass is 32.2. The summed E-state index contributed by atoms with van der Waals surface area (Å²) in [6.07, 6.45) is 2.07. The standard InChI is InChI=1S/C23H30N4O4S/c1-3-12-24-23(29)20-6-4-5-7-21(20)25-22(28)19-10-8-18(9-11-19)17-26-13-15-27(16-14-26)32(2,30)31/h4-11H,3,12-17H2,1-2H3,(H,24,29)(H,25,28). The highest BCUT2D eigenvalue weighted by Gasteiger charge is 2.23. The van der Waals surface area contributed by atoms with Gasteiger partial charge in [0.05, 0.1) is 17.5 Å². The lowest BCUT2D eigenvalue weighted by Gasteiger charge is -2.33. The van der Waals surface area contributed by atoms with Crippen molar-refractivity contribution in [3.05, 3.63) is 65.2 Å². The van der Waals surface area contributed by atoms with Gasteiger partial charge in [-0.3, -0.25) is 14.5 Å². The number of amides is 2. The molecule has 0 unspecified atom stereocenters. The molecule has 0 saturated carbocycles. The van der Waals surface area contributed by atoms with Crippen molar-refractivity contribution in [1.29, 1.82) is 0 Å². The van der Waals surface area contributed by atoms with E-state index in [1.807, 2.05) is 19.1 Å². The van der Waals surface area contributed by atoms with Crippen LogP contribution in [0.2, 0.25) is 0 Å². The molecule has 2 aromatic rings. The molecule has 2 amide bonds. The third-order valence-corrected chi connectivity index (χ3v) is 6.68. The molecule has 1 saturated heterocycles. The Balaban J connectivity index is 1.59. The van der Waals surface area contributed by atoms with E-state index < -0.39 is 10.0 Å². The van der Waals surface area contributed by atoms with Crippen molar-refractivity contribution in [2.24, 2.45) is 0 Å². The van der Waals surface area contributed by atoms with Gasteiger partial charge in [0, 0.05) is 44.8 Å². The van der Waals surface area contributed by atoms with Crippen molar-refractivity contribution in [1.82, 2.24) is 14.5 Å². The van der Waals surface area contributed by atoms with E-state index in [-0.39, 0.29) is 11.8 Å². The Morgan fingerprint density at radius 1 is 0.938 bits per heavy atom. The summed E-state index contributed by atoms with van der Waals surface area (Å²) < 4.78 is 24.8. The van der Waals surface area contributed by atoms with E-state index in [1.165, 1.54) is 10.6 Å². The Hall–Kier alpha value is -2.75. The monoisotopic (exact) mass is 458 g/mol. The summed E-state index contributed by atoms with van der Waals surface area (Å²) in [6, 6.07) is 14.3. The number of anilines is 1. The zero-order valence-electron chi connectivity index (χ0n) is 18.5. The molecule has 1 heterocycles. The predicted molar refractivity (Wildman–Crippen MR) is 125 cm³/mol. The van der Waals surface area contributed by atoms with Crippen LogP contribution in [0.25, 0.3) is 0 Å². The highest BCUT2D eigenvalue weighted by molar-refractivity contribution is 7.88. The number of para-hydroxylation sites is 1. The summed E-state index contributed by atoms with van der Waals surface area (Å²) >= 11 is 0. The average molecular weight is 459 g/mol. The molecular weight excluding hydrogens is 428 g/mol. The van der Waals surface area contributed by atoms with E-state index in [1.54, 1.807) is 36.4 Å². The largest absolute Gasteiger partial charge is 0.352 e. The maximum atomic E-state index is 12.7. The summed E-state index contributed by atoms with van der Waals surface area (Å²) in [7, 11) is -3.14. The van der Waals surface area contributed by atoms with E-state index in [9.17, 15) is 18.0 Å². The molecule has 0 aromatic heterocycles. The molecule has 1 fully saturated rings. The number of hydrogen-bond donors (Lipinski definition) is 2. The number of nitrogens with one attached hydrogen (secondary N) is 2. The van der Waals surface area contributed by atoms with Gasteiger partial charge in [0.15, 0.2) is 0 Å². The van der Waals surface area contributed by atoms with E-state index in [0.717, 1.165) is 12.0 Å². The smallest absolute Gasteiger partial charge is 0.255 e. The molecule has 1 aliphatic heterocycles. The minimum Gasteiger partial charge on any atom is -0.352 e. The molecule has 0 radical (unpaired) electrons. The van der Waals surface area contributed by atoms with Gasteiger partial charge in [-0.15, -0.1) is 0 Å². The van der Waals surface area contributed by atoms with Gasteiger partial charge in [-0.25, -0.2) is 8.42 Å². The maximum absolute atomic E-state index is 12.7. The van der Waals surface area contributed by atoms with Crippen LogP contribution < -0.4 is 10.6 Å².